The summed E-state index contributed by atoms with van der Waals surface area (Å²) in [4.78, 5) is 23.6. The summed E-state index contributed by atoms with van der Waals surface area (Å²) in [6.07, 6.45) is 6.76. The highest BCUT2D eigenvalue weighted by atomic mass is 32.1. The second kappa shape index (κ2) is 8.93. The van der Waals surface area contributed by atoms with Crippen LogP contribution in [0.25, 0.3) is 0 Å². The van der Waals surface area contributed by atoms with Gasteiger partial charge >= 0.3 is 5.97 Å². The SMILES string of the molecule is CCC1CCCCC1OC(=O)CCCNC(=O)c1ccsc1. The Balaban J connectivity index is 1.62. The molecule has 5 heteroatoms. The normalized spacial score (nSPS) is 21.3. The molecule has 1 aromatic heterocycles. The van der Waals surface area contributed by atoms with Gasteiger partial charge in [0.05, 0.1) is 0 Å². The zero-order valence-corrected chi connectivity index (χ0v) is 14.0. The second-order valence-corrected chi connectivity index (χ2v) is 6.63. The Morgan fingerprint density at radius 3 is 2.91 bits per heavy atom. The van der Waals surface area contributed by atoms with E-state index >= 15 is 0 Å². The van der Waals surface area contributed by atoms with Gasteiger partial charge < -0.3 is 10.1 Å². The number of carbonyl (C=O) groups excluding carboxylic acids is 2. The molecule has 2 rings (SSSR count). The van der Waals surface area contributed by atoms with Gasteiger partial charge in [0.25, 0.3) is 5.91 Å². The number of hydrogen-bond donors (Lipinski definition) is 1. The van der Waals surface area contributed by atoms with E-state index in [0.717, 1.165) is 19.3 Å². The van der Waals surface area contributed by atoms with E-state index in [1.807, 2.05) is 10.8 Å². The molecule has 122 valence electrons. The molecule has 0 saturated heterocycles. The third-order valence-electron chi connectivity index (χ3n) is 4.27. The van der Waals surface area contributed by atoms with Crippen molar-refractivity contribution in [3.05, 3.63) is 22.4 Å². The van der Waals surface area contributed by atoms with Crippen LogP contribution in [0, 0.1) is 5.92 Å². The van der Waals surface area contributed by atoms with Gasteiger partial charge in [-0.2, -0.15) is 11.3 Å². The average molecular weight is 323 g/mol. The molecule has 1 aliphatic carbocycles. The molecule has 0 aromatic carbocycles. The monoisotopic (exact) mass is 323 g/mol. The van der Waals surface area contributed by atoms with Crippen LogP contribution in [-0.2, 0) is 9.53 Å². The van der Waals surface area contributed by atoms with E-state index in [1.165, 1.54) is 24.2 Å². The number of rotatable bonds is 7. The van der Waals surface area contributed by atoms with Crippen LogP contribution >= 0.6 is 11.3 Å². The molecule has 1 fully saturated rings. The first-order valence-electron chi connectivity index (χ1n) is 8.20. The summed E-state index contributed by atoms with van der Waals surface area (Å²) in [7, 11) is 0. The van der Waals surface area contributed by atoms with Crippen LogP contribution in [0.3, 0.4) is 0 Å². The van der Waals surface area contributed by atoms with Crippen LogP contribution < -0.4 is 5.32 Å². The third-order valence-corrected chi connectivity index (χ3v) is 4.96. The summed E-state index contributed by atoms with van der Waals surface area (Å²) in [5, 5.41) is 6.52. The van der Waals surface area contributed by atoms with Crippen LogP contribution in [0.4, 0.5) is 0 Å². The molecular formula is C17H25NO3S. The average Bonchev–Trinajstić information content (AvgIpc) is 3.06. The predicted molar refractivity (Wildman–Crippen MR) is 88.0 cm³/mol. The molecule has 1 saturated carbocycles. The summed E-state index contributed by atoms with van der Waals surface area (Å²) in [6, 6.07) is 1.79. The van der Waals surface area contributed by atoms with E-state index in [-0.39, 0.29) is 18.0 Å². The standard InChI is InChI=1S/C17H25NO3S/c1-2-13-6-3-4-7-15(13)21-16(19)8-5-10-18-17(20)14-9-11-22-12-14/h9,11-13,15H,2-8,10H2,1H3,(H,18,20). The number of hydrogen-bond acceptors (Lipinski definition) is 4. The molecule has 0 spiro atoms. The van der Waals surface area contributed by atoms with Gasteiger partial charge in [-0.1, -0.05) is 13.3 Å². The summed E-state index contributed by atoms with van der Waals surface area (Å²) in [5.74, 6) is 0.319. The molecule has 1 aliphatic rings. The second-order valence-electron chi connectivity index (χ2n) is 5.85. The van der Waals surface area contributed by atoms with Gasteiger partial charge in [0, 0.05) is 23.9 Å². The van der Waals surface area contributed by atoms with Crippen molar-refractivity contribution in [2.75, 3.05) is 6.54 Å². The van der Waals surface area contributed by atoms with Crippen molar-refractivity contribution in [1.82, 2.24) is 5.32 Å². The van der Waals surface area contributed by atoms with Gasteiger partial charge in [0.2, 0.25) is 0 Å². The van der Waals surface area contributed by atoms with E-state index in [9.17, 15) is 9.59 Å². The maximum absolute atomic E-state index is 11.9. The summed E-state index contributed by atoms with van der Waals surface area (Å²) in [5.41, 5.74) is 0.681. The molecule has 22 heavy (non-hydrogen) atoms. The van der Waals surface area contributed by atoms with Crippen molar-refractivity contribution in [2.24, 2.45) is 5.92 Å². The lowest BCUT2D eigenvalue weighted by Gasteiger charge is -2.30. The Morgan fingerprint density at radius 1 is 1.36 bits per heavy atom. The van der Waals surface area contributed by atoms with Crippen molar-refractivity contribution >= 4 is 23.2 Å². The lowest BCUT2D eigenvalue weighted by molar-refractivity contribution is -0.153. The zero-order valence-electron chi connectivity index (χ0n) is 13.2. The third kappa shape index (κ3) is 5.13. The quantitative estimate of drug-likeness (QED) is 0.614. The molecule has 4 nitrogen and oxygen atoms in total. The van der Waals surface area contributed by atoms with Gasteiger partial charge in [0.15, 0.2) is 0 Å². The van der Waals surface area contributed by atoms with E-state index < -0.39 is 0 Å². The first-order chi connectivity index (χ1) is 10.7. The van der Waals surface area contributed by atoms with Crippen LogP contribution in [0.5, 0.6) is 0 Å². The molecular weight excluding hydrogens is 298 g/mol. The predicted octanol–water partition coefficient (Wildman–Crippen LogP) is 3.77. The first kappa shape index (κ1) is 17.0. The molecule has 2 atom stereocenters. The molecule has 0 aliphatic heterocycles. The van der Waals surface area contributed by atoms with Crippen molar-refractivity contribution in [2.45, 2.75) is 58.0 Å². The fourth-order valence-corrected chi connectivity index (χ4v) is 3.59. The highest BCUT2D eigenvalue weighted by molar-refractivity contribution is 7.08. The summed E-state index contributed by atoms with van der Waals surface area (Å²) >= 11 is 1.50. The van der Waals surface area contributed by atoms with E-state index in [1.54, 1.807) is 6.07 Å². The first-order valence-corrected chi connectivity index (χ1v) is 9.15. The molecule has 1 aromatic rings. The maximum Gasteiger partial charge on any atom is 0.306 e. The Kier molecular flexibility index (Phi) is 6.90. The van der Waals surface area contributed by atoms with Crippen LogP contribution in [0.15, 0.2) is 16.8 Å². The van der Waals surface area contributed by atoms with Gasteiger partial charge in [-0.3, -0.25) is 9.59 Å². The Hall–Kier alpha value is -1.36. The van der Waals surface area contributed by atoms with Crippen LogP contribution in [0.1, 0.15) is 62.2 Å². The maximum atomic E-state index is 11.9. The summed E-state index contributed by atoms with van der Waals surface area (Å²) < 4.78 is 5.62. The highest BCUT2D eigenvalue weighted by Gasteiger charge is 2.26. The fourth-order valence-electron chi connectivity index (χ4n) is 2.95. The molecule has 2 unspecified atom stereocenters. The van der Waals surface area contributed by atoms with E-state index in [0.29, 0.717) is 30.9 Å². The topological polar surface area (TPSA) is 55.4 Å². The van der Waals surface area contributed by atoms with Gasteiger partial charge in [-0.25, -0.2) is 0 Å². The minimum atomic E-state index is -0.130. The lowest BCUT2D eigenvalue weighted by Crippen LogP contribution is -2.30. The number of esters is 1. The minimum Gasteiger partial charge on any atom is -0.462 e. The van der Waals surface area contributed by atoms with Crippen LogP contribution in [0.2, 0.25) is 0 Å². The van der Waals surface area contributed by atoms with Crippen molar-refractivity contribution < 1.29 is 14.3 Å². The van der Waals surface area contributed by atoms with Gasteiger partial charge in [-0.15, -0.1) is 0 Å². The lowest BCUT2D eigenvalue weighted by atomic mass is 9.85. The number of nitrogens with one attached hydrogen (secondary N) is 1. The van der Waals surface area contributed by atoms with Crippen molar-refractivity contribution in [3.8, 4) is 0 Å². The van der Waals surface area contributed by atoms with Crippen molar-refractivity contribution in [1.29, 1.82) is 0 Å². The zero-order chi connectivity index (χ0) is 15.8. The van der Waals surface area contributed by atoms with Gasteiger partial charge in [0.1, 0.15) is 6.10 Å². The van der Waals surface area contributed by atoms with Gasteiger partial charge in [-0.05, 0) is 49.5 Å². The molecule has 1 N–H and O–H groups in total. The van der Waals surface area contributed by atoms with Crippen LogP contribution in [-0.4, -0.2) is 24.5 Å². The minimum absolute atomic E-state index is 0.0760. The number of carbonyl (C=O) groups is 2. The molecule has 1 amide bonds. The Labute approximate surface area is 136 Å². The van der Waals surface area contributed by atoms with E-state index in [2.05, 4.69) is 12.2 Å². The number of ether oxygens (including phenoxy) is 1. The summed E-state index contributed by atoms with van der Waals surface area (Å²) in [6.45, 7) is 2.67. The van der Waals surface area contributed by atoms with Crippen molar-refractivity contribution in [3.63, 3.8) is 0 Å². The molecule has 1 heterocycles. The Morgan fingerprint density at radius 2 is 2.18 bits per heavy atom. The Bertz CT molecular complexity index is 472. The van der Waals surface area contributed by atoms with E-state index in [4.69, 9.17) is 4.74 Å². The molecule has 0 bridgehead atoms. The highest BCUT2D eigenvalue weighted by Crippen LogP contribution is 2.29. The number of amides is 1. The fraction of sp³-hybridized carbons (Fsp3) is 0.647. The molecule has 0 radical (unpaired) electrons. The largest absolute Gasteiger partial charge is 0.462 e. The number of thiophene rings is 1. The smallest absolute Gasteiger partial charge is 0.306 e.